The Kier molecular flexibility index (Phi) is 3.24. The molecule has 9 heteroatoms. The maximum Gasteiger partial charge on any atom is 0.471 e. The second kappa shape index (κ2) is 4.43. The molecule has 2 rings (SSSR count). The van der Waals surface area contributed by atoms with Crippen LogP contribution in [0.4, 0.5) is 19.0 Å². The Morgan fingerprint density at radius 1 is 1.44 bits per heavy atom. The van der Waals surface area contributed by atoms with E-state index in [1.54, 1.807) is 17.4 Å². The molecule has 96 valence electrons. The molecular formula is C9H4BrClF3N3O. The molecule has 2 aromatic rings. The summed E-state index contributed by atoms with van der Waals surface area (Å²) < 4.78 is 38.1. The van der Waals surface area contributed by atoms with Crippen molar-refractivity contribution in [1.29, 1.82) is 0 Å². The van der Waals surface area contributed by atoms with E-state index in [-0.39, 0.29) is 11.0 Å². The van der Waals surface area contributed by atoms with Gasteiger partial charge in [0.05, 0.1) is 10.7 Å². The predicted molar refractivity (Wildman–Crippen MR) is 62.6 cm³/mol. The molecule has 2 heterocycles. The van der Waals surface area contributed by atoms with Crippen LogP contribution < -0.4 is 5.32 Å². The molecule has 4 nitrogen and oxygen atoms in total. The zero-order chi connectivity index (χ0) is 13.5. The third kappa shape index (κ3) is 2.44. The van der Waals surface area contributed by atoms with Crippen LogP contribution in [0, 0.1) is 0 Å². The highest BCUT2D eigenvalue weighted by atomic mass is 79.9. The van der Waals surface area contributed by atoms with Gasteiger partial charge in [0, 0.05) is 0 Å². The van der Waals surface area contributed by atoms with E-state index in [1.165, 1.54) is 10.6 Å². The van der Waals surface area contributed by atoms with Crippen LogP contribution in [-0.4, -0.2) is 21.5 Å². The van der Waals surface area contributed by atoms with E-state index in [4.69, 9.17) is 11.6 Å². The van der Waals surface area contributed by atoms with E-state index >= 15 is 0 Å². The minimum absolute atomic E-state index is 0.225. The van der Waals surface area contributed by atoms with Gasteiger partial charge in [-0.25, -0.2) is 4.98 Å². The lowest BCUT2D eigenvalue weighted by atomic mass is 10.5. The quantitative estimate of drug-likeness (QED) is 0.809. The summed E-state index contributed by atoms with van der Waals surface area (Å²) in [4.78, 5) is 14.5. The molecule has 0 atom stereocenters. The van der Waals surface area contributed by atoms with Gasteiger partial charge in [-0.2, -0.15) is 13.2 Å². The Hall–Kier alpha value is -1.28. The molecule has 0 bridgehead atoms. The highest BCUT2D eigenvalue weighted by molar-refractivity contribution is 9.10. The van der Waals surface area contributed by atoms with Crippen molar-refractivity contribution in [3.63, 3.8) is 0 Å². The van der Waals surface area contributed by atoms with Crippen molar-refractivity contribution in [3.05, 3.63) is 28.0 Å². The van der Waals surface area contributed by atoms with E-state index in [0.29, 0.717) is 10.1 Å². The van der Waals surface area contributed by atoms with Crippen LogP contribution in [0.1, 0.15) is 0 Å². The van der Waals surface area contributed by atoms with Gasteiger partial charge in [-0.05, 0) is 28.1 Å². The number of aromatic nitrogens is 2. The number of halogens is 5. The first-order valence-electron chi connectivity index (χ1n) is 4.50. The fourth-order valence-electron chi connectivity index (χ4n) is 1.25. The van der Waals surface area contributed by atoms with Crippen LogP contribution in [0.2, 0.25) is 5.15 Å². The number of nitrogens with one attached hydrogen (secondary N) is 1. The third-order valence-corrected chi connectivity index (χ3v) is 3.27. The maximum absolute atomic E-state index is 12.1. The van der Waals surface area contributed by atoms with Gasteiger partial charge in [0.1, 0.15) is 10.8 Å². The Morgan fingerprint density at radius 3 is 2.72 bits per heavy atom. The van der Waals surface area contributed by atoms with Crippen molar-refractivity contribution in [3.8, 4) is 0 Å². The van der Waals surface area contributed by atoms with Gasteiger partial charge in [0.25, 0.3) is 0 Å². The molecule has 18 heavy (non-hydrogen) atoms. The molecule has 0 unspecified atom stereocenters. The van der Waals surface area contributed by atoms with Crippen LogP contribution in [0.15, 0.2) is 22.8 Å². The summed E-state index contributed by atoms with van der Waals surface area (Å²) in [5, 5.41) is 1.89. The van der Waals surface area contributed by atoms with Crippen molar-refractivity contribution in [1.82, 2.24) is 9.38 Å². The lowest BCUT2D eigenvalue weighted by Gasteiger charge is -2.04. The molecule has 0 aliphatic heterocycles. The average Bonchev–Trinajstić information content (AvgIpc) is 2.66. The second-order valence-corrected chi connectivity index (χ2v) is 4.49. The van der Waals surface area contributed by atoms with Crippen LogP contribution in [0.25, 0.3) is 5.65 Å². The van der Waals surface area contributed by atoms with Crippen LogP contribution in [0.5, 0.6) is 0 Å². The van der Waals surface area contributed by atoms with Crippen molar-refractivity contribution in [2.45, 2.75) is 6.18 Å². The number of fused-ring (bicyclic) bond motifs is 1. The number of imidazole rings is 1. The first kappa shape index (κ1) is 13.2. The first-order valence-corrected chi connectivity index (χ1v) is 5.67. The lowest BCUT2D eigenvalue weighted by molar-refractivity contribution is -0.167. The summed E-state index contributed by atoms with van der Waals surface area (Å²) in [6.45, 7) is 0. The molecule has 0 aromatic carbocycles. The molecule has 0 radical (unpaired) electrons. The molecule has 0 saturated heterocycles. The van der Waals surface area contributed by atoms with E-state index in [9.17, 15) is 18.0 Å². The normalized spacial score (nSPS) is 11.8. The fraction of sp³-hybridized carbons (Fsp3) is 0.111. The summed E-state index contributed by atoms with van der Waals surface area (Å²) in [5.41, 5.74) is 0.320. The number of carbonyl (C=O) groups excluding carboxylic acids is 1. The number of hydrogen-bond acceptors (Lipinski definition) is 2. The minimum atomic E-state index is -4.96. The Balaban J connectivity index is 2.37. The third-order valence-electron chi connectivity index (χ3n) is 2.02. The number of anilines is 1. The van der Waals surface area contributed by atoms with Gasteiger partial charge in [0.15, 0.2) is 5.82 Å². The van der Waals surface area contributed by atoms with Crippen LogP contribution in [-0.2, 0) is 4.79 Å². The molecule has 0 aliphatic rings. The molecule has 0 aliphatic carbocycles. The van der Waals surface area contributed by atoms with Crippen molar-refractivity contribution >= 4 is 44.9 Å². The first-order chi connectivity index (χ1) is 8.29. The van der Waals surface area contributed by atoms with E-state index in [1.807, 2.05) is 0 Å². The number of rotatable bonds is 1. The maximum atomic E-state index is 12.1. The number of amides is 1. The highest BCUT2D eigenvalue weighted by Crippen LogP contribution is 2.25. The van der Waals surface area contributed by atoms with E-state index in [2.05, 4.69) is 20.9 Å². The summed E-state index contributed by atoms with van der Waals surface area (Å²) in [5.74, 6) is -2.31. The van der Waals surface area contributed by atoms with Crippen LogP contribution >= 0.6 is 27.5 Å². The molecule has 2 aromatic heterocycles. The molecule has 0 fully saturated rings. The zero-order valence-electron chi connectivity index (χ0n) is 8.42. The Morgan fingerprint density at radius 2 is 2.11 bits per heavy atom. The standard InChI is InChI=1S/C9H4BrClF3N3O/c10-4-1-2-6-15-5(3-17(6)7(4)11)16-8(18)9(12,13)14/h1-3H,(H,16,18). The average molecular weight is 343 g/mol. The minimum Gasteiger partial charge on any atom is -0.301 e. The number of pyridine rings is 1. The monoisotopic (exact) mass is 341 g/mol. The van der Waals surface area contributed by atoms with Gasteiger partial charge in [0.2, 0.25) is 0 Å². The summed E-state index contributed by atoms with van der Waals surface area (Å²) in [6, 6.07) is 3.14. The summed E-state index contributed by atoms with van der Waals surface area (Å²) in [6.07, 6.45) is -3.76. The van der Waals surface area contributed by atoms with Gasteiger partial charge in [-0.3, -0.25) is 9.20 Å². The largest absolute Gasteiger partial charge is 0.471 e. The molecule has 1 amide bonds. The van der Waals surface area contributed by atoms with Gasteiger partial charge >= 0.3 is 12.1 Å². The second-order valence-electron chi connectivity index (χ2n) is 3.28. The van der Waals surface area contributed by atoms with Crippen LogP contribution in [0.3, 0.4) is 0 Å². The molecular weight excluding hydrogens is 338 g/mol. The highest BCUT2D eigenvalue weighted by Gasteiger charge is 2.39. The van der Waals surface area contributed by atoms with Gasteiger partial charge < -0.3 is 5.32 Å². The topological polar surface area (TPSA) is 46.4 Å². The fourth-order valence-corrected chi connectivity index (χ4v) is 1.77. The number of alkyl halides is 3. The van der Waals surface area contributed by atoms with Crippen molar-refractivity contribution in [2.24, 2.45) is 0 Å². The van der Waals surface area contributed by atoms with Crippen molar-refractivity contribution < 1.29 is 18.0 Å². The van der Waals surface area contributed by atoms with Crippen molar-refractivity contribution in [2.75, 3.05) is 5.32 Å². The number of hydrogen-bond donors (Lipinski definition) is 1. The Labute approximate surface area is 112 Å². The summed E-state index contributed by atoms with van der Waals surface area (Å²) in [7, 11) is 0. The number of nitrogens with zero attached hydrogens (tertiary/aromatic N) is 2. The van der Waals surface area contributed by atoms with Gasteiger partial charge in [-0.15, -0.1) is 0 Å². The SMILES string of the molecule is O=C(Nc1cn2c(Cl)c(Br)ccc2n1)C(F)(F)F. The smallest absolute Gasteiger partial charge is 0.301 e. The molecule has 0 saturated carbocycles. The van der Waals surface area contributed by atoms with E-state index < -0.39 is 12.1 Å². The Bertz CT molecular complexity index is 625. The van der Waals surface area contributed by atoms with Gasteiger partial charge in [-0.1, -0.05) is 11.6 Å². The predicted octanol–water partition coefficient (Wildman–Crippen LogP) is 3.25. The van der Waals surface area contributed by atoms with E-state index in [0.717, 1.165) is 0 Å². The number of carbonyl (C=O) groups is 1. The lowest BCUT2D eigenvalue weighted by Crippen LogP contribution is -2.30. The summed E-state index contributed by atoms with van der Waals surface area (Å²) >= 11 is 9.07. The molecule has 1 N–H and O–H groups in total. The zero-order valence-corrected chi connectivity index (χ0v) is 10.8. The molecule has 0 spiro atoms.